The van der Waals surface area contributed by atoms with E-state index in [1.165, 1.54) is 0 Å². The fourth-order valence-corrected chi connectivity index (χ4v) is 7.83. The van der Waals surface area contributed by atoms with Gasteiger partial charge in [-0.2, -0.15) is 0 Å². The Morgan fingerprint density at radius 2 is 1.61 bits per heavy atom. The largest absolute Gasteiger partial charge is 0.126 e. The molecule has 0 nitrogen and oxygen atoms in total. The van der Waals surface area contributed by atoms with Crippen LogP contribution in [0.3, 0.4) is 0 Å². The third-order valence-electron chi connectivity index (χ3n) is 4.53. The van der Waals surface area contributed by atoms with E-state index < -0.39 is 24.8 Å². The highest BCUT2D eigenvalue weighted by molar-refractivity contribution is 6.51. The highest BCUT2D eigenvalue weighted by atomic mass is 35.5. The molecular formula is C10H10Cl8. The third-order valence-corrected chi connectivity index (χ3v) is 7.89. The van der Waals surface area contributed by atoms with Crippen LogP contribution in [0.4, 0.5) is 0 Å². The standard InChI is InChI=1S/C10H10Cl8/c11-3-9(7(15)16)4-1-5(12)8(9,6(13)14)2-10(4,17)18/h4-7H,1-3H2/t4-,5-,8+,9-/m0/s1. The van der Waals surface area contributed by atoms with Crippen LogP contribution in [0.25, 0.3) is 0 Å². The Hall–Kier alpha value is 2.32. The average molecular weight is 414 g/mol. The Morgan fingerprint density at radius 1 is 1.06 bits per heavy atom. The summed E-state index contributed by atoms with van der Waals surface area (Å²) < 4.78 is -1.01. The van der Waals surface area contributed by atoms with Crippen LogP contribution in [0.1, 0.15) is 12.8 Å². The molecule has 2 aliphatic carbocycles. The first-order valence-corrected chi connectivity index (χ1v) is 8.78. The van der Waals surface area contributed by atoms with Gasteiger partial charge in [0.2, 0.25) is 0 Å². The summed E-state index contributed by atoms with van der Waals surface area (Å²) in [4.78, 5) is -1.58. The van der Waals surface area contributed by atoms with Crippen molar-refractivity contribution in [3.05, 3.63) is 0 Å². The molecule has 0 aliphatic heterocycles. The van der Waals surface area contributed by atoms with Gasteiger partial charge in [-0.25, -0.2) is 0 Å². The second-order valence-corrected chi connectivity index (χ2v) is 9.54. The van der Waals surface area contributed by atoms with E-state index in [4.69, 9.17) is 92.8 Å². The molecule has 2 bridgehead atoms. The van der Waals surface area contributed by atoms with Crippen LogP contribution in [-0.4, -0.2) is 25.3 Å². The SMILES string of the molecule is ClC[C@@]1(C(Cl)Cl)[C@@H]2C[C@H](Cl)[C@@]1(C(Cl)Cl)CC2(Cl)Cl. The Labute approximate surface area is 146 Å². The Bertz CT molecular complexity index is 335. The lowest BCUT2D eigenvalue weighted by Gasteiger charge is -2.45. The third kappa shape index (κ3) is 1.86. The zero-order valence-electron chi connectivity index (χ0n) is 8.95. The Morgan fingerprint density at radius 3 is 1.94 bits per heavy atom. The predicted molar refractivity (Wildman–Crippen MR) is 83.4 cm³/mol. The Kier molecular flexibility index (Phi) is 4.82. The predicted octanol–water partition coefficient (Wildman–Crippen LogP) is 6.01. The maximum absolute atomic E-state index is 6.43. The topological polar surface area (TPSA) is 0 Å². The molecular weight excluding hydrogens is 404 g/mol. The van der Waals surface area contributed by atoms with E-state index >= 15 is 0 Å². The van der Waals surface area contributed by atoms with Gasteiger partial charge in [0.25, 0.3) is 0 Å². The second-order valence-electron chi connectivity index (χ2n) is 5.01. The summed E-state index contributed by atoms with van der Waals surface area (Å²) in [5.41, 5.74) is -1.55. The summed E-state index contributed by atoms with van der Waals surface area (Å²) >= 11 is 50.1. The molecule has 0 saturated heterocycles. The van der Waals surface area contributed by atoms with Crippen LogP contribution < -0.4 is 0 Å². The quantitative estimate of drug-likeness (QED) is 0.497. The second kappa shape index (κ2) is 5.20. The number of hydrogen-bond donors (Lipinski definition) is 0. The molecule has 8 heteroatoms. The number of halogens is 8. The van der Waals surface area contributed by atoms with Gasteiger partial charge in [0.05, 0.1) is 0 Å². The fraction of sp³-hybridized carbons (Fsp3) is 1.00. The van der Waals surface area contributed by atoms with E-state index in [9.17, 15) is 0 Å². The van der Waals surface area contributed by atoms with Crippen LogP contribution in [0.15, 0.2) is 0 Å². The van der Waals surface area contributed by atoms with Gasteiger partial charge in [-0.15, -0.1) is 92.8 Å². The van der Waals surface area contributed by atoms with Gasteiger partial charge in [0.1, 0.15) is 14.0 Å². The van der Waals surface area contributed by atoms with Crippen molar-refractivity contribution >= 4 is 92.8 Å². The van der Waals surface area contributed by atoms with Gasteiger partial charge in [0.15, 0.2) is 0 Å². The number of rotatable bonds is 3. The van der Waals surface area contributed by atoms with E-state index in [1.54, 1.807) is 0 Å². The summed E-state index contributed by atoms with van der Waals surface area (Å²) in [6, 6.07) is 0. The monoisotopic (exact) mass is 410 g/mol. The van der Waals surface area contributed by atoms with Crippen LogP contribution in [0.5, 0.6) is 0 Å². The van der Waals surface area contributed by atoms with Crippen molar-refractivity contribution in [1.82, 2.24) is 0 Å². The van der Waals surface area contributed by atoms with Gasteiger partial charge in [-0.05, 0) is 12.8 Å². The highest BCUT2D eigenvalue weighted by Crippen LogP contribution is 2.77. The molecule has 0 aromatic carbocycles. The molecule has 0 unspecified atom stereocenters. The molecule has 0 heterocycles. The van der Waals surface area contributed by atoms with Crippen molar-refractivity contribution in [2.45, 2.75) is 32.2 Å². The molecule has 0 N–H and O–H groups in total. The van der Waals surface area contributed by atoms with E-state index in [1.807, 2.05) is 0 Å². The molecule has 4 atom stereocenters. The Balaban J connectivity index is 2.64. The number of fused-ring (bicyclic) bond motifs is 2. The molecule has 0 spiro atoms. The lowest BCUT2D eigenvalue weighted by molar-refractivity contribution is 0.144. The molecule has 18 heavy (non-hydrogen) atoms. The maximum atomic E-state index is 6.43. The first-order valence-electron chi connectivity index (χ1n) is 5.31. The molecule has 2 rings (SSSR count). The van der Waals surface area contributed by atoms with Gasteiger partial charge in [-0.1, -0.05) is 0 Å². The van der Waals surface area contributed by atoms with Crippen molar-refractivity contribution in [3.8, 4) is 0 Å². The first-order chi connectivity index (χ1) is 8.16. The molecule has 2 aliphatic rings. The minimum absolute atomic E-state index is 0.162. The summed E-state index contributed by atoms with van der Waals surface area (Å²) in [5, 5.41) is -0.299. The van der Waals surface area contributed by atoms with E-state index in [0.29, 0.717) is 12.8 Å². The van der Waals surface area contributed by atoms with Crippen molar-refractivity contribution < 1.29 is 0 Å². The van der Waals surface area contributed by atoms with E-state index in [-0.39, 0.29) is 17.2 Å². The van der Waals surface area contributed by atoms with Crippen molar-refractivity contribution in [3.63, 3.8) is 0 Å². The van der Waals surface area contributed by atoms with Gasteiger partial charge < -0.3 is 0 Å². The molecule has 106 valence electrons. The fourth-order valence-electron chi connectivity index (χ4n) is 3.63. The van der Waals surface area contributed by atoms with Gasteiger partial charge >= 0.3 is 0 Å². The van der Waals surface area contributed by atoms with Crippen LogP contribution >= 0.6 is 92.8 Å². The number of hydrogen-bond acceptors (Lipinski definition) is 0. The summed E-state index contributed by atoms with van der Waals surface area (Å²) in [6.07, 6.45) is 0.884. The van der Waals surface area contributed by atoms with Crippen LogP contribution in [0, 0.1) is 16.7 Å². The lowest BCUT2D eigenvalue weighted by Crippen LogP contribution is -2.50. The summed E-state index contributed by atoms with van der Waals surface area (Å²) in [5.74, 6) is -0.0660. The normalized spacial score (nSPS) is 46.3. The van der Waals surface area contributed by atoms with Crippen LogP contribution in [-0.2, 0) is 0 Å². The molecule has 0 aromatic heterocycles. The molecule has 0 radical (unpaired) electrons. The van der Waals surface area contributed by atoms with Crippen molar-refractivity contribution in [2.24, 2.45) is 16.7 Å². The lowest BCUT2D eigenvalue weighted by atomic mass is 9.70. The van der Waals surface area contributed by atoms with E-state index in [2.05, 4.69) is 0 Å². The molecule has 0 aromatic rings. The minimum atomic E-state index is -1.01. The maximum Gasteiger partial charge on any atom is 0.122 e. The zero-order valence-corrected chi connectivity index (χ0v) is 15.0. The van der Waals surface area contributed by atoms with Gasteiger partial charge in [0, 0.05) is 28.0 Å². The zero-order chi connectivity index (χ0) is 13.9. The average Bonchev–Trinajstić information content (AvgIpc) is 2.61. The molecule has 0 amide bonds. The minimum Gasteiger partial charge on any atom is -0.126 e. The summed E-state index contributed by atoms with van der Waals surface area (Å²) in [7, 11) is 0. The molecule has 2 saturated carbocycles. The van der Waals surface area contributed by atoms with Crippen molar-refractivity contribution in [2.75, 3.05) is 5.88 Å². The van der Waals surface area contributed by atoms with Crippen LogP contribution in [0.2, 0.25) is 0 Å². The van der Waals surface area contributed by atoms with Crippen molar-refractivity contribution in [1.29, 1.82) is 0 Å². The molecule has 2 fully saturated rings. The first kappa shape index (κ1) is 16.7. The smallest absolute Gasteiger partial charge is 0.122 e. The van der Waals surface area contributed by atoms with E-state index in [0.717, 1.165) is 0 Å². The van der Waals surface area contributed by atoms with Gasteiger partial charge in [-0.3, -0.25) is 0 Å². The number of alkyl halides is 8. The highest BCUT2D eigenvalue weighted by Gasteiger charge is 2.79. The summed E-state index contributed by atoms with van der Waals surface area (Å²) in [6.45, 7) is 0.